The molecule has 0 aliphatic heterocycles. The van der Waals surface area contributed by atoms with Gasteiger partial charge in [0.25, 0.3) is 0 Å². The van der Waals surface area contributed by atoms with Gasteiger partial charge in [0, 0.05) is 11.2 Å². The minimum absolute atomic E-state index is 0.231. The zero-order chi connectivity index (χ0) is 9.97. The molecule has 2 N–H and O–H groups in total. The van der Waals surface area contributed by atoms with Gasteiger partial charge in [0.1, 0.15) is 5.82 Å². The zero-order valence-electron chi connectivity index (χ0n) is 7.80. The Labute approximate surface area is 80.8 Å². The minimum Gasteiger partial charge on any atom is -0.357 e. The van der Waals surface area contributed by atoms with E-state index in [2.05, 4.69) is 10.5 Å². The van der Waals surface area contributed by atoms with Gasteiger partial charge in [0.15, 0.2) is 0 Å². The maximum absolute atomic E-state index is 12.8. The zero-order valence-corrected chi connectivity index (χ0v) is 7.80. The molecule has 0 unspecified atom stereocenters. The van der Waals surface area contributed by atoms with Gasteiger partial charge < -0.3 is 9.82 Å². The third kappa shape index (κ3) is 1.76. The highest BCUT2D eigenvalue weighted by atomic mass is 19.1. The third-order valence-electron chi connectivity index (χ3n) is 2.05. The first kappa shape index (κ1) is 9.18. The molecule has 0 spiro atoms. The highest BCUT2D eigenvalue weighted by molar-refractivity contribution is 5.80. The molecule has 0 bridgehead atoms. The number of rotatable bonds is 3. The Morgan fingerprint density at radius 3 is 3.07 bits per heavy atom. The lowest BCUT2D eigenvalue weighted by atomic mass is 10.2. The molecule has 74 valence electrons. The van der Waals surface area contributed by atoms with Gasteiger partial charge in [-0.3, -0.25) is 0 Å². The van der Waals surface area contributed by atoms with Crippen LogP contribution in [0.5, 0.6) is 0 Å². The smallest absolute Gasteiger partial charge is 0.125 e. The maximum atomic E-state index is 12.8. The molecule has 0 saturated heterocycles. The molecule has 1 heterocycles. The minimum atomic E-state index is -0.231. The summed E-state index contributed by atoms with van der Waals surface area (Å²) < 4.78 is 12.8. The van der Waals surface area contributed by atoms with E-state index in [1.165, 1.54) is 12.1 Å². The van der Waals surface area contributed by atoms with Crippen LogP contribution in [0.2, 0.25) is 0 Å². The van der Waals surface area contributed by atoms with E-state index in [0.29, 0.717) is 6.54 Å². The van der Waals surface area contributed by atoms with Crippen LogP contribution in [-0.2, 0) is 11.4 Å². The van der Waals surface area contributed by atoms with Crippen molar-refractivity contribution in [1.82, 2.24) is 10.5 Å². The number of aromatic nitrogens is 1. The number of fused-ring (bicyclic) bond motifs is 1. The maximum Gasteiger partial charge on any atom is 0.125 e. The third-order valence-corrected chi connectivity index (χ3v) is 2.05. The van der Waals surface area contributed by atoms with Gasteiger partial charge in [-0.2, -0.15) is 5.48 Å². The molecule has 2 rings (SSSR count). The fraction of sp³-hybridized carbons (Fsp3) is 0.200. The Morgan fingerprint density at radius 1 is 1.43 bits per heavy atom. The molecule has 0 radical (unpaired) electrons. The van der Waals surface area contributed by atoms with Crippen LogP contribution in [0.25, 0.3) is 10.9 Å². The lowest BCUT2D eigenvalue weighted by Gasteiger charge is -1.96. The van der Waals surface area contributed by atoms with Crippen LogP contribution in [0.3, 0.4) is 0 Å². The molecule has 1 aromatic heterocycles. The summed E-state index contributed by atoms with van der Waals surface area (Å²) in [6.45, 7) is 0.576. The van der Waals surface area contributed by atoms with Crippen LogP contribution >= 0.6 is 0 Å². The summed E-state index contributed by atoms with van der Waals surface area (Å²) in [4.78, 5) is 7.81. The summed E-state index contributed by atoms with van der Waals surface area (Å²) in [7, 11) is 1.56. The summed E-state index contributed by atoms with van der Waals surface area (Å²) >= 11 is 0. The van der Waals surface area contributed by atoms with Gasteiger partial charge in [-0.05, 0) is 29.7 Å². The second kappa shape index (κ2) is 3.77. The summed E-state index contributed by atoms with van der Waals surface area (Å²) in [6, 6.07) is 6.63. The normalized spacial score (nSPS) is 11.0. The molecule has 2 aromatic rings. The molecule has 3 nitrogen and oxygen atoms in total. The second-order valence-electron chi connectivity index (χ2n) is 3.05. The van der Waals surface area contributed by atoms with E-state index in [0.717, 1.165) is 16.6 Å². The SMILES string of the molecule is CONCc1cc2ccc(F)cc2[nH]1. The number of nitrogens with one attached hydrogen (secondary N) is 2. The van der Waals surface area contributed by atoms with Gasteiger partial charge in [-0.1, -0.05) is 0 Å². The molecular weight excluding hydrogens is 183 g/mol. The van der Waals surface area contributed by atoms with Crippen molar-refractivity contribution in [3.63, 3.8) is 0 Å². The Morgan fingerprint density at radius 2 is 2.29 bits per heavy atom. The molecule has 0 fully saturated rings. The van der Waals surface area contributed by atoms with E-state index in [-0.39, 0.29) is 5.82 Å². The van der Waals surface area contributed by atoms with E-state index in [9.17, 15) is 4.39 Å². The Hall–Kier alpha value is -1.39. The fourth-order valence-electron chi connectivity index (χ4n) is 1.40. The predicted molar refractivity (Wildman–Crippen MR) is 52.1 cm³/mol. The summed E-state index contributed by atoms with van der Waals surface area (Å²) in [5.41, 5.74) is 4.48. The monoisotopic (exact) mass is 194 g/mol. The first-order chi connectivity index (χ1) is 6.79. The van der Waals surface area contributed by atoms with E-state index in [4.69, 9.17) is 4.84 Å². The Kier molecular flexibility index (Phi) is 2.47. The van der Waals surface area contributed by atoms with Crippen LogP contribution in [0, 0.1) is 5.82 Å². The quantitative estimate of drug-likeness (QED) is 0.733. The van der Waals surface area contributed by atoms with Gasteiger partial charge in [-0.15, -0.1) is 0 Å². The van der Waals surface area contributed by atoms with E-state index in [1.807, 2.05) is 6.07 Å². The Balaban J connectivity index is 2.32. The van der Waals surface area contributed by atoms with E-state index < -0.39 is 0 Å². The predicted octanol–water partition coefficient (Wildman–Crippen LogP) is 1.96. The van der Waals surface area contributed by atoms with Crippen LogP contribution in [0.15, 0.2) is 24.3 Å². The van der Waals surface area contributed by atoms with Gasteiger partial charge in [-0.25, -0.2) is 4.39 Å². The molecular formula is C10H11FN2O. The van der Waals surface area contributed by atoms with E-state index in [1.54, 1.807) is 13.2 Å². The van der Waals surface area contributed by atoms with Crippen molar-refractivity contribution >= 4 is 10.9 Å². The standard InChI is InChI=1S/C10H11FN2O/c1-14-12-6-9-4-7-2-3-8(11)5-10(7)13-9/h2-5,12-13H,6H2,1H3. The molecule has 1 aromatic carbocycles. The average Bonchev–Trinajstić information content (AvgIpc) is 2.56. The highest BCUT2D eigenvalue weighted by Crippen LogP contribution is 2.16. The summed E-state index contributed by atoms with van der Waals surface area (Å²) in [6.07, 6.45) is 0. The van der Waals surface area contributed by atoms with Gasteiger partial charge in [0.05, 0.1) is 13.7 Å². The highest BCUT2D eigenvalue weighted by Gasteiger charge is 2.00. The van der Waals surface area contributed by atoms with Crippen molar-refractivity contribution in [2.24, 2.45) is 0 Å². The number of halogens is 1. The molecule has 0 saturated carbocycles. The number of hydroxylamine groups is 1. The van der Waals surface area contributed by atoms with Crippen LogP contribution in [-0.4, -0.2) is 12.1 Å². The number of hydrogen-bond donors (Lipinski definition) is 2. The van der Waals surface area contributed by atoms with Crippen LogP contribution in [0.4, 0.5) is 4.39 Å². The molecule has 0 atom stereocenters. The number of benzene rings is 1. The number of H-pyrrole nitrogens is 1. The molecule has 14 heavy (non-hydrogen) atoms. The first-order valence-electron chi connectivity index (χ1n) is 4.32. The largest absolute Gasteiger partial charge is 0.357 e. The summed E-state index contributed by atoms with van der Waals surface area (Å²) in [5.74, 6) is -0.231. The fourth-order valence-corrected chi connectivity index (χ4v) is 1.40. The van der Waals surface area contributed by atoms with Crippen LogP contribution < -0.4 is 5.48 Å². The van der Waals surface area contributed by atoms with Crippen molar-refractivity contribution in [2.75, 3.05) is 7.11 Å². The number of aromatic amines is 1. The first-order valence-corrected chi connectivity index (χ1v) is 4.32. The van der Waals surface area contributed by atoms with Crippen molar-refractivity contribution in [3.8, 4) is 0 Å². The lowest BCUT2D eigenvalue weighted by Crippen LogP contribution is -2.10. The van der Waals surface area contributed by atoms with Crippen molar-refractivity contribution in [3.05, 3.63) is 35.8 Å². The lowest BCUT2D eigenvalue weighted by molar-refractivity contribution is 0.0860. The molecule has 0 amide bonds. The van der Waals surface area contributed by atoms with E-state index >= 15 is 0 Å². The van der Waals surface area contributed by atoms with Crippen molar-refractivity contribution < 1.29 is 9.23 Å². The van der Waals surface area contributed by atoms with Crippen LogP contribution in [0.1, 0.15) is 5.69 Å². The topological polar surface area (TPSA) is 37.0 Å². The Bertz CT molecular complexity index is 439. The van der Waals surface area contributed by atoms with Gasteiger partial charge in [0.2, 0.25) is 0 Å². The second-order valence-corrected chi connectivity index (χ2v) is 3.05. The molecule has 4 heteroatoms. The molecule has 0 aliphatic carbocycles. The molecule has 0 aliphatic rings. The van der Waals surface area contributed by atoms with Crippen molar-refractivity contribution in [1.29, 1.82) is 0 Å². The van der Waals surface area contributed by atoms with Crippen molar-refractivity contribution in [2.45, 2.75) is 6.54 Å². The average molecular weight is 194 g/mol. The number of hydrogen-bond acceptors (Lipinski definition) is 2. The van der Waals surface area contributed by atoms with Gasteiger partial charge >= 0.3 is 0 Å². The summed E-state index contributed by atoms with van der Waals surface area (Å²) in [5, 5.41) is 0.999.